The van der Waals surface area contributed by atoms with Crippen LogP contribution in [0.15, 0.2) is 224 Å². The summed E-state index contributed by atoms with van der Waals surface area (Å²) < 4.78 is 4.43. The summed E-state index contributed by atoms with van der Waals surface area (Å²) in [5.41, 5.74) is 16.6. The molecule has 0 saturated carbocycles. The highest BCUT2D eigenvalue weighted by molar-refractivity contribution is 6.14. The van der Waals surface area contributed by atoms with Crippen LogP contribution >= 0.6 is 0 Å². The first-order valence-electron chi connectivity index (χ1n) is 22.5. The summed E-state index contributed by atoms with van der Waals surface area (Å²) in [4.78, 5) is 0. The maximum atomic E-state index is 11.7. The molecule has 0 N–H and O–H groups in total. The summed E-state index contributed by atoms with van der Waals surface area (Å²) in [7, 11) is 0. The van der Waals surface area contributed by atoms with Crippen LogP contribution in [0.5, 0.6) is 0 Å². The molecule has 0 aliphatic heterocycles. The minimum Gasteiger partial charge on any atom is -0.308 e. The van der Waals surface area contributed by atoms with E-state index in [1.807, 2.05) is 48.5 Å². The second-order valence-electron chi connectivity index (χ2n) is 17.1. The van der Waals surface area contributed by atoms with E-state index in [0.29, 0.717) is 33.6 Å². The molecule has 0 saturated heterocycles. The van der Waals surface area contributed by atoms with Gasteiger partial charge in [-0.25, -0.2) is 0 Å². The normalized spacial score (nSPS) is 11.2. The monoisotopic (exact) mass is 863 g/mol. The second-order valence-corrected chi connectivity index (χ2v) is 17.1. The maximum Gasteiger partial charge on any atom is 0.104 e. The predicted molar refractivity (Wildman–Crippen MR) is 276 cm³/mol. The summed E-state index contributed by atoms with van der Waals surface area (Å²) in [6.45, 7) is 0. The fourth-order valence-corrected chi connectivity index (χ4v) is 9.98. The lowest BCUT2D eigenvalue weighted by Crippen LogP contribution is -2.05. The van der Waals surface area contributed by atoms with E-state index in [2.05, 4.69) is 197 Å². The van der Waals surface area contributed by atoms with E-state index in [0.717, 1.165) is 93.7 Å². The number of fused-ring (bicyclic) bond motifs is 6. The summed E-state index contributed by atoms with van der Waals surface area (Å²) in [5, 5.41) is 36.3. The molecule has 5 heteroatoms. The molecule has 0 atom stereocenters. The first kappa shape index (κ1) is 39.8. The standard InChI is InChI=1S/C63H37N5/c64-38-41-29-42(39-65)31-51(30-41)52-36-62(67-58-25-21-47(43-13-5-1-6-14-43)32-53(58)54-33-48(22-26-59(54)67)44-15-7-2-8-16-44)57(40-66)63(37-52)68-60-27-23-49(45-17-9-3-10-18-45)34-55(60)56-35-50(24-28-61(56)68)46-19-11-4-12-20-46/h1-37H. The number of rotatable bonds is 7. The van der Waals surface area contributed by atoms with Gasteiger partial charge in [-0.2, -0.15) is 15.8 Å². The van der Waals surface area contributed by atoms with Crippen LogP contribution in [0.2, 0.25) is 0 Å². The molecule has 10 aromatic carbocycles. The highest BCUT2D eigenvalue weighted by Crippen LogP contribution is 2.43. The third-order valence-electron chi connectivity index (χ3n) is 13.2. The zero-order valence-corrected chi connectivity index (χ0v) is 36.6. The van der Waals surface area contributed by atoms with Gasteiger partial charge in [0.25, 0.3) is 0 Å². The minimum atomic E-state index is 0.379. The molecule has 0 bridgehead atoms. The Balaban J connectivity index is 1.20. The van der Waals surface area contributed by atoms with Gasteiger partial charge in [-0.3, -0.25) is 0 Å². The topological polar surface area (TPSA) is 81.2 Å². The third-order valence-corrected chi connectivity index (χ3v) is 13.2. The Morgan fingerprint density at radius 1 is 0.250 bits per heavy atom. The third kappa shape index (κ3) is 6.69. The number of hydrogen-bond acceptors (Lipinski definition) is 3. The summed E-state index contributed by atoms with van der Waals surface area (Å²) in [5.74, 6) is 0. The molecule has 5 nitrogen and oxygen atoms in total. The Labute approximate surface area is 393 Å². The van der Waals surface area contributed by atoms with Crippen LogP contribution in [-0.4, -0.2) is 9.13 Å². The molecule has 314 valence electrons. The van der Waals surface area contributed by atoms with Crippen LogP contribution in [0.1, 0.15) is 16.7 Å². The van der Waals surface area contributed by atoms with Crippen LogP contribution in [0.3, 0.4) is 0 Å². The fourth-order valence-electron chi connectivity index (χ4n) is 9.98. The van der Waals surface area contributed by atoms with Gasteiger partial charge in [0.2, 0.25) is 0 Å². The summed E-state index contributed by atoms with van der Waals surface area (Å²) >= 11 is 0. The van der Waals surface area contributed by atoms with Crippen molar-refractivity contribution in [2.24, 2.45) is 0 Å². The van der Waals surface area contributed by atoms with Crippen molar-refractivity contribution in [3.05, 3.63) is 241 Å². The molecule has 2 heterocycles. The Morgan fingerprint density at radius 3 is 0.824 bits per heavy atom. The van der Waals surface area contributed by atoms with Gasteiger partial charge in [0.15, 0.2) is 0 Å². The fraction of sp³-hybridized carbons (Fsp3) is 0. The Morgan fingerprint density at radius 2 is 0.544 bits per heavy atom. The van der Waals surface area contributed by atoms with Gasteiger partial charge in [0.05, 0.1) is 56.7 Å². The van der Waals surface area contributed by atoms with Crippen molar-refractivity contribution in [1.29, 1.82) is 15.8 Å². The quantitative estimate of drug-likeness (QED) is 0.160. The Bertz CT molecular complexity index is 3640. The summed E-state index contributed by atoms with van der Waals surface area (Å²) in [6.07, 6.45) is 0. The molecule has 0 amide bonds. The van der Waals surface area contributed by atoms with Gasteiger partial charge < -0.3 is 9.13 Å². The molecule has 12 aromatic rings. The minimum absolute atomic E-state index is 0.379. The van der Waals surface area contributed by atoms with E-state index in [1.54, 1.807) is 6.07 Å². The van der Waals surface area contributed by atoms with Gasteiger partial charge in [-0.05, 0) is 134 Å². The molecular weight excluding hydrogens is 827 g/mol. The molecule has 0 fully saturated rings. The molecule has 12 rings (SSSR count). The Kier molecular flexibility index (Phi) is 9.58. The van der Waals surface area contributed by atoms with E-state index in [-0.39, 0.29) is 0 Å². The predicted octanol–water partition coefficient (Wildman–Crippen LogP) is 15.8. The molecule has 0 spiro atoms. The number of benzene rings is 10. The van der Waals surface area contributed by atoms with Crippen molar-refractivity contribution >= 4 is 43.6 Å². The van der Waals surface area contributed by atoms with E-state index in [1.165, 1.54) is 0 Å². The molecular formula is C63H37N5. The molecule has 68 heavy (non-hydrogen) atoms. The van der Waals surface area contributed by atoms with Gasteiger partial charge in [-0.1, -0.05) is 146 Å². The Hall–Kier alpha value is -9.73. The average molecular weight is 864 g/mol. The van der Waals surface area contributed by atoms with Crippen LogP contribution in [0.25, 0.3) is 111 Å². The molecule has 2 aromatic heterocycles. The lowest BCUT2D eigenvalue weighted by molar-refractivity contribution is 1.12. The van der Waals surface area contributed by atoms with Crippen molar-refractivity contribution in [2.75, 3.05) is 0 Å². The van der Waals surface area contributed by atoms with Crippen molar-refractivity contribution in [1.82, 2.24) is 9.13 Å². The second kappa shape index (κ2) is 16.4. The van der Waals surface area contributed by atoms with Crippen LogP contribution in [-0.2, 0) is 0 Å². The van der Waals surface area contributed by atoms with Crippen molar-refractivity contribution in [3.8, 4) is 85.2 Å². The van der Waals surface area contributed by atoms with Gasteiger partial charge in [-0.15, -0.1) is 0 Å². The van der Waals surface area contributed by atoms with Gasteiger partial charge in [0, 0.05) is 21.5 Å². The zero-order chi connectivity index (χ0) is 45.7. The van der Waals surface area contributed by atoms with E-state index < -0.39 is 0 Å². The van der Waals surface area contributed by atoms with Crippen LogP contribution in [0, 0.1) is 34.0 Å². The zero-order valence-electron chi connectivity index (χ0n) is 36.6. The first-order valence-corrected chi connectivity index (χ1v) is 22.5. The number of nitriles is 3. The van der Waals surface area contributed by atoms with Crippen LogP contribution < -0.4 is 0 Å². The highest BCUT2D eigenvalue weighted by atomic mass is 15.0. The SMILES string of the molecule is N#Cc1cc(C#N)cc(-c2cc(-n3c4ccc(-c5ccccc5)cc4c4cc(-c5ccccc5)ccc43)c(C#N)c(-n3c4ccc(-c5ccccc5)cc4c4cc(-c5ccccc5)ccc43)c2)c1. The highest BCUT2D eigenvalue weighted by Gasteiger charge is 2.24. The smallest absolute Gasteiger partial charge is 0.104 e. The number of nitrogens with zero attached hydrogens (tertiary/aromatic N) is 5. The first-order chi connectivity index (χ1) is 33.6. The van der Waals surface area contributed by atoms with Gasteiger partial charge in [0.1, 0.15) is 11.6 Å². The number of hydrogen-bond donors (Lipinski definition) is 0. The molecule has 0 unspecified atom stereocenters. The lowest BCUT2D eigenvalue weighted by atomic mass is 9.97. The van der Waals surface area contributed by atoms with Crippen molar-refractivity contribution in [3.63, 3.8) is 0 Å². The molecule has 0 aliphatic rings. The lowest BCUT2D eigenvalue weighted by Gasteiger charge is -2.19. The summed E-state index contributed by atoms with van der Waals surface area (Å²) in [6, 6.07) is 84.5. The van der Waals surface area contributed by atoms with Crippen molar-refractivity contribution in [2.45, 2.75) is 0 Å². The maximum absolute atomic E-state index is 11.7. The molecule has 0 aliphatic carbocycles. The van der Waals surface area contributed by atoms with E-state index >= 15 is 0 Å². The van der Waals surface area contributed by atoms with E-state index in [9.17, 15) is 15.8 Å². The largest absolute Gasteiger partial charge is 0.308 e. The van der Waals surface area contributed by atoms with Crippen LogP contribution in [0.4, 0.5) is 0 Å². The van der Waals surface area contributed by atoms with Crippen molar-refractivity contribution < 1.29 is 0 Å². The average Bonchev–Trinajstić information content (AvgIpc) is 3.92. The molecule has 0 radical (unpaired) electrons. The number of aromatic nitrogens is 2. The van der Waals surface area contributed by atoms with E-state index in [4.69, 9.17) is 0 Å². The van der Waals surface area contributed by atoms with Gasteiger partial charge >= 0.3 is 0 Å².